The fourth-order valence-electron chi connectivity index (χ4n) is 1.55. The van der Waals surface area contributed by atoms with E-state index in [4.69, 9.17) is 16.8 Å². The van der Waals surface area contributed by atoms with Gasteiger partial charge in [0.25, 0.3) is 5.91 Å². The smallest absolute Gasteiger partial charge is 0.288 e. The van der Waals surface area contributed by atoms with Crippen molar-refractivity contribution in [3.63, 3.8) is 0 Å². The predicted octanol–water partition coefficient (Wildman–Crippen LogP) is 2.32. The van der Waals surface area contributed by atoms with Gasteiger partial charge in [-0.3, -0.25) is 10.0 Å². The summed E-state index contributed by atoms with van der Waals surface area (Å²) in [5.41, 5.74) is 3.25. The first kappa shape index (κ1) is 10.9. The molecule has 2 N–H and O–H groups in total. The molecule has 0 saturated heterocycles. The second-order valence-corrected chi connectivity index (χ2v) is 3.86. The molecule has 0 radical (unpaired) electrons. The van der Waals surface area contributed by atoms with Gasteiger partial charge in [0.05, 0.1) is 5.52 Å². The number of rotatable bonds is 1. The van der Waals surface area contributed by atoms with Gasteiger partial charge in [0.2, 0.25) is 0 Å². The van der Waals surface area contributed by atoms with E-state index >= 15 is 0 Å². The second kappa shape index (κ2) is 4.08. The molecule has 1 aromatic heterocycles. The highest BCUT2D eigenvalue weighted by Gasteiger charge is 2.09. The summed E-state index contributed by atoms with van der Waals surface area (Å²) in [7, 11) is 0. The number of fused-ring (bicyclic) bond motifs is 1. The number of nitrogens with one attached hydrogen (secondary N) is 1. The number of pyridine rings is 1. The molecule has 0 saturated carbocycles. The lowest BCUT2D eigenvalue weighted by Gasteiger charge is -2.05. The number of aryl methyl sites for hydroxylation is 1. The first-order valence-electron chi connectivity index (χ1n) is 4.63. The summed E-state index contributed by atoms with van der Waals surface area (Å²) in [5, 5.41) is 10.0. The van der Waals surface area contributed by atoms with Crippen molar-refractivity contribution < 1.29 is 10.0 Å². The van der Waals surface area contributed by atoms with Crippen molar-refractivity contribution in [2.45, 2.75) is 6.92 Å². The van der Waals surface area contributed by atoms with E-state index in [1.54, 1.807) is 23.7 Å². The average Bonchev–Trinajstić information content (AvgIpc) is 2.27. The SMILES string of the molecule is Cc1cc(C(=O)NO)nc2cc(Cl)ccc12. The predicted molar refractivity (Wildman–Crippen MR) is 60.7 cm³/mol. The lowest BCUT2D eigenvalue weighted by atomic mass is 10.1. The van der Waals surface area contributed by atoms with Gasteiger partial charge in [0.1, 0.15) is 5.69 Å². The van der Waals surface area contributed by atoms with Gasteiger partial charge in [0, 0.05) is 10.4 Å². The number of nitrogens with zero attached hydrogens (tertiary/aromatic N) is 1. The molecule has 1 aromatic carbocycles. The van der Waals surface area contributed by atoms with Crippen molar-refractivity contribution >= 4 is 28.4 Å². The van der Waals surface area contributed by atoms with Gasteiger partial charge < -0.3 is 0 Å². The molecule has 82 valence electrons. The quantitative estimate of drug-likeness (QED) is 0.590. The van der Waals surface area contributed by atoms with Crippen molar-refractivity contribution in [2.75, 3.05) is 0 Å². The fourth-order valence-corrected chi connectivity index (χ4v) is 1.72. The topological polar surface area (TPSA) is 62.2 Å². The Kier molecular flexibility index (Phi) is 2.77. The minimum absolute atomic E-state index is 0.162. The van der Waals surface area contributed by atoms with Crippen molar-refractivity contribution in [2.24, 2.45) is 0 Å². The highest BCUT2D eigenvalue weighted by molar-refractivity contribution is 6.31. The summed E-state index contributed by atoms with van der Waals surface area (Å²) < 4.78 is 0. The van der Waals surface area contributed by atoms with Crippen molar-refractivity contribution in [1.29, 1.82) is 0 Å². The van der Waals surface area contributed by atoms with Crippen LogP contribution in [-0.4, -0.2) is 16.1 Å². The van der Waals surface area contributed by atoms with E-state index in [2.05, 4.69) is 4.98 Å². The number of carbonyl (C=O) groups is 1. The third-order valence-electron chi connectivity index (χ3n) is 2.31. The third kappa shape index (κ3) is 1.85. The maximum atomic E-state index is 11.2. The molecule has 0 bridgehead atoms. The number of hydrogen-bond acceptors (Lipinski definition) is 3. The Labute approximate surface area is 96.8 Å². The van der Waals surface area contributed by atoms with Gasteiger partial charge in [-0.15, -0.1) is 0 Å². The van der Waals surface area contributed by atoms with Crippen LogP contribution in [0.5, 0.6) is 0 Å². The second-order valence-electron chi connectivity index (χ2n) is 3.43. The highest BCUT2D eigenvalue weighted by atomic mass is 35.5. The fraction of sp³-hybridized carbons (Fsp3) is 0.0909. The molecule has 2 rings (SSSR count). The molecule has 5 heteroatoms. The zero-order valence-corrected chi connectivity index (χ0v) is 9.25. The standard InChI is InChI=1S/C11H9ClN2O2/c1-6-4-10(11(15)14-16)13-9-5-7(12)2-3-8(6)9/h2-5,16H,1H3,(H,14,15). The Morgan fingerprint density at radius 2 is 2.19 bits per heavy atom. The monoisotopic (exact) mass is 236 g/mol. The molecule has 0 aliphatic carbocycles. The number of carbonyl (C=O) groups excluding carboxylic acids is 1. The van der Waals surface area contributed by atoms with Crippen LogP contribution in [-0.2, 0) is 0 Å². The molecule has 1 heterocycles. The number of aromatic nitrogens is 1. The van der Waals surface area contributed by atoms with Gasteiger partial charge in [0.15, 0.2) is 0 Å². The van der Waals surface area contributed by atoms with Crippen LogP contribution in [0.3, 0.4) is 0 Å². The summed E-state index contributed by atoms with van der Waals surface area (Å²) >= 11 is 5.85. The van der Waals surface area contributed by atoms with E-state index in [1.165, 1.54) is 0 Å². The molecule has 0 aliphatic rings. The molecule has 0 aliphatic heterocycles. The molecule has 0 atom stereocenters. The number of hydroxylamine groups is 1. The van der Waals surface area contributed by atoms with E-state index in [1.807, 2.05) is 13.0 Å². The largest absolute Gasteiger partial charge is 0.293 e. The molecule has 0 unspecified atom stereocenters. The number of hydrogen-bond donors (Lipinski definition) is 2. The molecule has 16 heavy (non-hydrogen) atoms. The Morgan fingerprint density at radius 3 is 2.88 bits per heavy atom. The van der Waals surface area contributed by atoms with Crippen molar-refractivity contribution in [3.8, 4) is 0 Å². The summed E-state index contributed by atoms with van der Waals surface area (Å²) in [6.45, 7) is 1.87. The lowest BCUT2D eigenvalue weighted by Crippen LogP contribution is -2.20. The van der Waals surface area contributed by atoms with Crippen LogP contribution in [0.25, 0.3) is 10.9 Å². The van der Waals surface area contributed by atoms with E-state index in [-0.39, 0.29) is 5.69 Å². The minimum Gasteiger partial charge on any atom is -0.288 e. The van der Waals surface area contributed by atoms with Gasteiger partial charge in [-0.05, 0) is 30.7 Å². The van der Waals surface area contributed by atoms with Crippen molar-refractivity contribution in [1.82, 2.24) is 10.5 Å². The zero-order valence-electron chi connectivity index (χ0n) is 8.49. The molecule has 2 aromatic rings. The van der Waals surface area contributed by atoms with Crippen molar-refractivity contribution in [3.05, 3.63) is 40.5 Å². The van der Waals surface area contributed by atoms with E-state index in [0.717, 1.165) is 10.9 Å². The lowest BCUT2D eigenvalue weighted by molar-refractivity contribution is 0.0701. The van der Waals surface area contributed by atoms with E-state index in [9.17, 15) is 4.79 Å². The van der Waals surface area contributed by atoms with Gasteiger partial charge in [-0.1, -0.05) is 17.7 Å². The Morgan fingerprint density at radius 1 is 1.44 bits per heavy atom. The number of halogens is 1. The van der Waals surface area contributed by atoms with Gasteiger partial charge in [-0.25, -0.2) is 10.5 Å². The van der Waals surface area contributed by atoms with Crippen LogP contribution in [0.1, 0.15) is 16.1 Å². The normalized spacial score (nSPS) is 10.4. The average molecular weight is 237 g/mol. The molecule has 1 amide bonds. The molecular formula is C11H9ClN2O2. The minimum atomic E-state index is -0.634. The Balaban J connectivity index is 2.69. The van der Waals surface area contributed by atoms with E-state index < -0.39 is 5.91 Å². The maximum absolute atomic E-state index is 11.2. The van der Waals surface area contributed by atoms with Crippen LogP contribution in [0.15, 0.2) is 24.3 Å². The number of amides is 1. The third-order valence-corrected chi connectivity index (χ3v) is 2.55. The highest BCUT2D eigenvalue weighted by Crippen LogP contribution is 2.21. The summed E-state index contributed by atoms with van der Waals surface area (Å²) in [6.07, 6.45) is 0. The molecule has 0 spiro atoms. The summed E-state index contributed by atoms with van der Waals surface area (Å²) in [5.74, 6) is -0.634. The first-order chi connectivity index (χ1) is 7.61. The van der Waals surface area contributed by atoms with Crippen LogP contribution in [0, 0.1) is 6.92 Å². The summed E-state index contributed by atoms with van der Waals surface area (Å²) in [6, 6.07) is 6.91. The first-order valence-corrected chi connectivity index (χ1v) is 5.01. The van der Waals surface area contributed by atoms with Gasteiger partial charge in [-0.2, -0.15) is 0 Å². The summed E-state index contributed by atoms with van der Waals surface area (Å²) in [4.78, 5) is 15.3. The maximum Gasteiger partial charge on any atom is 0.293 e. The van der Waals surface area contributed by atoms with Crippen LogP contribution in [0.4, 0.5) is 0 Å². The molecule has 4 nitrogen and oxygen atoms in total. The molecular weight excluding hydrogens is 228 g/mol. The molecule has 0 fully saturated rings. The van der Waals surface area contributed by atoms with Crippen LogP contribution >= 0.6 is 11.6 Å². The Bertz CT molecular complexity index is 569. The van der Waals surface area contributed by atoms with E-state index in [0.29, 0.717) is 10.5 Å². The Hall–Kier alpha value is -1.65. The number of benzene rings is 1. The zero-order chi connectivity index (χ0) is 11.7. The van der Waals surface area contributed by atoms with Crippen LogP contribution < -0.4 is 5.48 Å². The van der Waals surface area contributed by atoms with Crippen LogP contribution in [0.2, 0.25) is 5.02 Å². The van der Waals surface area contributed by atoms with Gasteiger partial charge >= 0.3 is 0 Å².